The van der Waals surface area contributed by atoms with Gasteiger partial charge in [-0.25, -0.2) is 0 Å². The van der Waals surface area contributed by atoms with E-state index in [1.165, 1.54) is 0 Å². The summed E-state index contributed by atoms with van der Waals surface area (Å²) in [6.07, 6.45) is 0.481. The first-order chi connectivity index (χ1) is 9.94. The number of rotatable bonds is 1. The highest BCUT2D eigenvalue weighted by Gasteiger charge is 2.47. The Morgan fingerprint density at radius 3 is 2.86 bits per heavy atom. The van der Waals surface area contributed by atoms with Crippen LogP contribution in [0, 0.1) is 11.3 Å². The average molecular weight is 286 g/mol. The summed E-state index contributed by atoms with van der Waals surface area (Å²) in [5.74, 6) is 0.680. The van der Waals surface area contributed by atoms with Crippen LogP contribution in [0.5, 0.6) is 5.75 Å². The first kappa shape index (κ1) is 13.9. The van der Waals surface area contributed by atoms with E-state index in [0.717, 1.165) is 12.0 Å². The number of aliphatic hydroxyl groups excluding tert-OH is 1. The summed E-state index contributed by atoms with van der Waals surface area (Å²) in [6.45, 7) is 4.26. The number of nitrogens with zero attached hydrogens (tertiary/aromatic N) is 2. The van der Waals surface area contributed by atoms with Crippen molar-refractivity contribution in [3.05, 3.63) is 29.3 Å². The second-order valence-electron chi connectivity index (χ2n) is 6.15. The number of nitriles is 1. The molecule has 2 heterocycles. The van der Waals surface area contributed by atoms with Crippen molar-refractivity contribution in [3.8, 4) is 11.8 Å². The number of carbonyl (C=O) groups excluding carboxylic acids is 1. The van der Waals surface area contributed by atoms with Crippen LogP contribution in [-0.4, -0.2) is 34.2 Å². The lowest BCUT2D eigenvalue weighted by Gasteiger charge is -2.45. The smallest absolute Gasteiger partial charge is 0.223 e. The summed E-state index contributed by atoms with van der Waals surface area (Å²) in [7, 11) is 0. The number of hydrogen-bond donors (Lipinski definition) is 1. The Balaban J connectivity index is 2.12. The molecule has 0 radical (unpaired) electrons. The molecular weight excluding hydrogens is 268 g/mol. The number of hydrogen-bond acceptors (Lipinski definition) is 4. The topological polar surface area (TPSA) is 73.6 Å². The zero-order valence-corrected chi connectivity index (χ0v) is 12.2. The lowest BCUT2D eigenvalue weighted by Crippen LogP contribution is -2.53. The molecule has 1 N–H and O–H groups in total. The fourth-order valence-electron chi connectivity index (χ4n) is 3.14. The quantitative estimate of drug-likeness (QED) is 0.853. The highest BCUT2D eigenvalue weighted by molar-refractivity contribution is 5.79. The van der Waals surface area contributed by atoms with Crippen molar-refractivity contribution in [1.82, 2.24) is 4.90 Å². The molecule has 0 bridgehead atoms. The Kier molecular flexibility index (Phi) is 3.14. The normalized spacial score (nSPS) is 27.0. The Hall–Kier alpha value is -2.06. The van der Waals surface area contributed by atoms with Gasteiger partial charge in [0.25, 0.3) is 0 Å². The van der Waals surface area contributed by atoms with Crippen molar-refractivity contribution in [2.45, 2.75) is 44.4 Å². The van der Waals surface area contributed by atoms with Gasteiger partial charge in [-0.1, -0.05) is 0 Å². The monoisotopic (exact) mass is 286 g/mol. The lowest BCUT2D eigenvalue weighted by atomic mass is 9.85. The van der Waals surface area contributed by atoms with Gasteiger partial charge in [0.1, 0.15) is 17.5 Å². The molecular formula is C16H18N2O3. The Bertz CT molecular complexity index is 633. The van der Waals surface area contributed by atoms with Gasteiger partial charge in [-0.3, -0.25) is 4.79 Å². The lowest BCUT2D eigenvalue weighted by molar-refractivity contribution is -0.139. The number of amides is 1. The second-order valence-corrected chi connectivity index (χ2v) is 6.15. The van der Waals surface area contributed by atoms with Crippen LogP contribution in [-0.2, 0) is 4.79 Å². The summed E-state index contributed by atoms with van der Waals surface area (Å²) < 4.78 is 5.86. The molecule has 1 fully saturated rings. The molecule has 5 heteroatoms. The molecule has 0 spiro atoms. The van der Waals surface area contributed by atoms with Gasteiger partial charge in [0.05, 0.1) is 17.7 Å². The maximum absolute atomic E-state index is 12.1. The summed E-state index contributed by atoms with van der Waals surface area (Å²) in [6, 6.07) is 6.79. The minimum Gasteiger partial charge on any atom is -0.485 e. The van der Waals surface area contributed by atoms with Crippen LogP contribution >= 0.6 is 0 Å². The van der Waals surface area contributed by atoms with Crippen LogP contribution < -0.4 is 4.74 Å². The van der Waals surface area contributed by atoms with E-state index in [4.69, 9.17) is 10.00 Å². The molecule has 0 aliphatic carbocycles. The first-order valence-electron chi connectivity index (χ1n) is 7.14. The molecule has 1 unspecified atom stereocenters. The zero-order valence-electron chi connectivity index (χ0n) is 12.2. The number of benzene rings is 1. The van der Waals surface area contributed by atoms with Crippen LogP contribution in [0.25, 0.3) is 0 Å². The third-order valence-electron chi connectivity index (χ3n) is 4.29. The van der Waals surface area contributed by atoms with E-state index >= 15 is 0 Å². The van der Waals surface area contributed by atoms with Crippen LogP contribution in [0.15, 0.2) is 18.2 Å². The summed E-state index contributed by atoms with van der Waals surface area (Å²) >= 11 is 0. The third kappa shape index (κ3) is 2.16. The van der Waals surface area contributed by atoms with Crippen molar-refractivity contribution in [2.75, 3.05) is 6.54 Å². The average Bonchev–Trinajstić information content (AvgIpc) is 2.86. The van der Waals surface area contributed by atoms with E-state index < -0.39 is 17.7 Å². The van der Waals surface area contributed by atoms with Gasteiger partial charge in [-0.2, -0.15) is 5.26 Å². The van der Waals surface area contributed by atoms with Gasteiger partial charge in [-0.15, -0.1) is 0 Å². The predicted octanol–water partition coefficient (Wildman–Crippen LogP) is 1.75. The van der Waals surface area contributed by atoms with Gasteiger partial charge < -0.3 is 14.7 Å². The molecule has 2 aliphatic rings. The van der Waals surface area contributed by atoms with E-state index in [0.29, 0.717) is 24.3 Å². The van der Waals surface area contributed by atoms with E-state index in [2.05, 4.69) is 6.07 Å². The highest BCUT2D eigenvalue weighted by Crippen LogP contribution is 2.44. The maximum Gasteiger partial charge on any atom is 0.223 e. The van der Waals surface area contributed by atoms with Crippen LogP contribution in [0.1, 0.15) is 43.9 Å². The number of carbonyl (C=O) groups is 1. The van der Waals surface area contributed by atoms with Crippen molar-refractivity contribution in [3.63, 3.8) is 0 Å². The molecule has 1 aromatic carbocycles. The molecule has 2 atom stereocenters. The fraction of sp³-hybridized carbons (Fsp3) is 0.500. The first-order valence-corrected chi connectivity index (χ1v) is 7.14. The summed E-state index contributed by atoms with van der Waals surface area (Å²) in [5.41, 5.74) is 0.436. The van der Waals surface area contributed by atoms with Crippen LogP contribution in [0.3, 0.4) is 0 Å². The van der Waals surface area contributed by atoms with Crippen LogP contribution in [0.2, 0.25) is 0 Å². The van der Waals surface area contributed by atoms with Crippen molar-refractivity contribution in [2.24, 2.45) is 0 Å². The third-order valence-corrected chi connectivity index (χ3v) is 4.29. The van der Waals surface area contributed by atoms with Gasteiger partial charge in [-0.05, 0) is 38.5 Å². The predicted molar refractivity (Wildman–Crippen MR) is 75.6 cm³/mol. The maximum atomic E-state index is 12.1. The molecule has 5 nitrogen and oxygen atoms in total. The minimum atomic E-state index is -0.832. The number of aliphatic hydroxyl groups is 1. The molecule has 21 heavy (non-hydrogen) atoms. The van der Waals surface area contributed by atoms with E-state index in [1.54, 1.807) is 23.1 Å². The van der Waals surface area contributed by atoms with Gasteiger partial charge in [0, 0.05) is 18.5 Å². The van der Waals surface area contributed by atoms with Crippen molar-refractivity contribution < 1.29 is 14.6 Å². The molecule has 0 saturated carbocycles. The summed E-state index contributed by atoms with van der Waals surface area (Å²) in [5, 5.41) is 19.8. The second kappa shape index (κ2) is 4.74. The Labute approximate surface area is 123 Å². The van der Waals surface area contributed by atoms with Crippen molar-refractivity contribution >= 4 is 5.91 Å². The van der Waals surface area contributed by atoms with Gasteiger partial charge in [0.15, 0.2) is 0 Å². The Morgan fingerprint density at radius 2 is 2.24 bits per heavy atom. The Morgan fingerprint density at radius 1 is 1.48 bits per heavy atom. The standard InChI is InChI=1S/C16H18N2O3/c1-16(2)15(20)14(18-7-3-4-13(18)19)11-8-10(9-17)5-6-12(11)21-16/h5-6,8,14-15,20H,3-4,7H2,1-2H3/t14?,15-/m1/s1. The van der Waals surface area contributed by atoms with Gasteiger partial charge >= 0.3 is 0 Å². The fourth-order valence-corrected chi connectivity index (χ4v) is 3.14. The van der Waals surface area contributed by atoms with Crippen LogP contribution in [0.4, 0.5) is 0 Å². The largest absolute Gasteiger partial charge is 0.485 e. The van der Waals surface area contributed by atoms with Crippen molar-refractivity contribution in [1.29, 1.82) is 5.26 Å². The zero-order chi connectivity index (χ0) is 15.2. The molecule has 1 aromatic rings. The number of likely N-dealkylation sites (tertiary alicyclic amines) is 1. The van der Waals surface area contributed by atoms with E-state index in [9.17, 15) is 9.90 Å². The van der Waals surface area contributed by atoms with E-state index in [1.807, 2.05) is 13.8 Å². The molecule has 110 valence electrons. The molecule has 2 aliphatic heterocycles. The molecule has 1 amide bonds. The van der Waals surface area contributed by atoms with Gasteiger partial charge in [0.2, 0.25) is 5.91 Å². The van der Waals surface area contributed by atoms with E-state index in [-0.39, 0.29) is 5.91 Å². The highest BCUT2D eigenvalue weighted by atomic mass is 16.5. The molecule has 1 saturated heterocycles. The number of ether oxygens (including phenoxy) is 1. The molecule has 3 rings (SSSR count). The summed E-state index contributed by atoms with van der Waals surface area (Å²) in [4.78, 5) is 13.8. The minimum absolute atomic E-state index is 0.0464. The molecule has 0 aromatic heterocycles. The SMILES string of the molecule is CC1(C)Oc2ccc(C#N)cc2C(N2CCCC2=O)[C@H]1O. The number of fused-ring (bicyclic) bond motifs is 1.